The van der Waals surface area contributed by atoms with Gasteiger partial charge in [0, 0.05) is 43.0 Å². The standard InChI is InChI=1S/C26H37N3O6/c1-16(2)13-19(26(35)28-17(3)24(33)15-30)14-23(32)21-5-4-12-29(21)25(34)11-10-22(31)18-6-8-20(27)9-7-18/h6-9,16-17,19,21,30H,4-5,10-15,27H2,1-3H3,(H,28,35)/t17?,19-,21-/m0/s1. The van der Waals surface area contributed by atoms with Gasteiger partial charge in [-0.15, -0.1) is 0 Å². The van der Waals surface area contributed by atoms with Crippen LogP contribution in [-0.2, 0) is 19.2 Å². The van der Waals surface area contributed by atoms with Crippen LogP contribution in [0, 0.1) is 11.8 Å². The number of benzene rings is 1. The lowest BCUT2D eigenvalue weighted by Crippen LogP contribution is -2.45. The van der Waals surface area contributed by atoms with Crippen molar-refractivity contribution in [3.05, 3.63) is 29.8 Å². The Labute approximate surface area is 206 Å². The lowest BCUT2D eigenvalue weighted by Gasteiger charge is -2.26. The summed E-state index contributed by atoms with van der Waals surface area (Å²) in [6.45, 7) is 5.14. The van der Waals surface area contributed by atoms with Crippen molar-refractivity contribution in [3.8, 4) is 0 Å². The smallest absolute Gasteiger partial charge is 0.224 e. The summed E-state index contributed by atoms with van der Waals surface area (Å²) in [5, 5.41) is 11.6. The van der Waals surface area contributed by atoms with E-state index in [1.165, 1.54) is 11.8 Å². The van der Waals surface area contributed by atoms with Crippen LogP contribution in [0.25, 0.3) is 0 Å². The molecule has 1 saturated heterocycles. The molecule has 192 valence electrons. The number of rotatable bonds is 13. The zero-order valence-electron chi connectivity index (χ0n) is 20.8. The van der Waals surface area contributed by atoms with Gasteiger partial charge in [-0.25, -0.2) is 0 Å². The Balaban J connectivity index is 1.99. The fraction of sp³-hybridized carbons (Fsp3) is 0.577. The van der Waals surface area contributed by atoms with Crippen LogP contribution in [0.1, 0.15) is 69.7 Å². The zero-order valence-corrected chi connectivity index (χ0v) is 20.8. The summed E-state index contributed by atoms with van der Waals surface area (Å²) in [6, 6.07) is 5.05. The highest BCUT2D eigenvalue weighted by atomic mass is 16.3. The van der Waals surface area contributed by atoms with Gasteiger partial charge in [0.2, 0.25) is 11.8 Å². The van der Waals surface area contributed by atoms with E-state index in [1.54, 1.807) is 24.3 Å². The van der Waals surface area contributed by atoms with E-state index >= 15 is 0 Å². The Morgan fingerprint density at radius 2 is 1.74 bits per heavy atom. The highest BCUT2D eigenvalue weighted by molar-refractivity contribution is 5.99. The molecule has 2 amide bonds. The van der Waals surface area contributed by atoms with Crippen LogP contribution in [-0.4, -0.2) is 64.4 Å². The van der Waals surface area contributed by atoms with Crippen LogP contribution in [0.15, 0.2) is 24.3 Å². The van der Waals surface area contributed by atoms with Crippen molar-refractivity contribution in [2.75, 3.05) is 18.9 Å². The molecular formula is C26H37N3O6. The van der Waals surface area contributed by atoms with Crippen molar-refractivity contribution >= 4 is 34.9 Å². The Morgan fingerprint density at radius 1 is 1.09 bits per heavy atom. The molecule has 0 spiro atoms. The molecule has 1 fully saturated rings. The fourth-order valence-corrected chi connectivity index (χ4v) is 4.36. The van der Waals surface area contributed by atoms with Gasteiger partial charge in [-0.3, -0.25) is 24.0 Å². The molecule has 9 heteroatoms. The predicted molar refractivity (Wildman–Crippen MR) is 131 cm³/mol. The minimum atomic E-state index is -0.847. The van der Waals surface area contributed by atoms with E-state index in [1.807, 2.05) is 13.8 Å². The Bertz CT molecular complexity index is 928. The first-order chi connectivity index (χ1) is 16.5. The second-order valence-electron chi connectivity index (χ2n) is 9.64. The fourth-order valence-electron chi connectivity index (χ4n) is 4.36. The number of ketones is 3. The van der Waals surface area contributed by atoms with E-state index in [2.05, 4.69) is 5.32 Å². The molecule has 35 heavy (non-hydrogen) atoms. The summed E-state index contributed by atoms with van der Waals surface area (Å²) < 4.78 is 0. The van der Waals surface area contributed by atoms with E-state index in [0.29, 0.717) is 37.1 Å². The number of carbonyl (C=O) groups excluding carboxylic acids is 5. The molecule has 0 bridgehead atoms. The van der Waals surface area contributed by atoms with Crippen LogP contribution in [0.3, 0.4) is 0 Å². The number of hydrogen-bond acceptors (Lipinski definition) is 7. The van der Waals surface area contributed by atoms with Gasteiger partial charge in [0.15, 0.2) is 17.3 Å². The third-order valence-corrected chi connectivity index (χ3v) is 6.32. The maximum absolute atomic E-state index is 13.2. The number of nitrogens with zero attached hydrogens (tertiary/aromatic N) is 1. The molecule has 1 aliphatic rings. The average Bonchev–Trinajstić information content (AvgIpc) is 3.31. The molecule has 1 unspecified atom stereocenters. The third kappa shape index (κ3) is 8.28. The van der Waals surface area contributed by atoms with E-state index < -0.39 is 36.3 Å². The zero-order chi connectivity index (χ0) is 26.1. The van der Waals surface area contributed by atoms with Crippen LogP contribution >= 0.6 is 0 Å². The van der Waals surface area contributed by atoms with Gasteiger partial charge >= 0.3 is 0 Å². The van der Waals surface area contributed by atoms with Gasteiger partial charge in [0.25, 0.3) is 0 Å². The summed E-state index contributed by atoms with van der Waals surface area (Å²) in [6.07, 6.45) is 1.65. The summed E-state index contributed by atoms with van der Waals surface area (Å²) in [5.74, 6) is -2.02. The van der Waals surface area contributed by atoms with Crippen molar-refractivity contribution in [1.82, 2.24) is 10.2 Å². The number of anilines is 1. The van der Waals surface area contributed by atoms with Gasteiger partial charge in [-0.05, 0) is 56.4 Å². The molecule has 0 aromatic heterocycles. The number of aliphatic hydroxyl groups is 1. The summed E-state index contributed by atoms with van der Waals surface area (Å²) in [5.41, 5.74) is 6.68. The number of nitrogens with one attached hydrogen (secondary N) is 1. The number of hydrogen-bond donors (Lipinski definition) is 3. The van der Waals surface area contributed by atoms with Crippen molar-refractivity contribution in [3.63, 3.8) is 0 Å². The maximum Gasteiger partial charge on any atom is 0.224 e. The van der Waals surface area contributed by atoms with E-state index in [0.717, 1.165) is 0 Å². The minimum Gasteiger partial charge on any atom is -0.399 e. The molecule has 0 aliphatic carbocycles. The molecule has 0 radical (unpaired) electrons. The highest BCUT2D eigenvalue weighted by Gasteiger charge is 2.36. The minimum absolute atomic E-state index is 0.00366. The number of amides is 2. The summed E-state index contributed by atoms with van der Waals surface area (Å²) in [4.78, 5) is 64.4. The van der Waals surface area contributed by atoms with Crippen molar-refractivity contribution in [2.45, 2.75) is 71.4 Å². The molecule has 1 aliphatic heterocycles. The first kappa shape index (κ1) is 28.2. The van der Waals surface area contributed by atoms with Crippen LogP contribution in [0.4, 0.5) is 5.69 Å². The largest absolute Gasteiger partial charge is 0.399 e. The number of nitrogen functional groups attached to an aromatic ring is 1. The number of nitrogens with two attached hydrogens (primary N) is 1. The Morgan fingerprint density at radius 3 is 2.34 bits per heavy atom. The second kappa shape index (κ2) is 13.1. The second-order valence-corrected chi connectivity index (χ2v) is 9.64. The number of likely N-dealkylation sites (tertiary alicyclic amines) is 1. The SMILES string of the molecule is CC(C)C[C@@H](CC(=O)[C@@H]1CCCN1C(=O)CCC(=O)c1ccc(N)cc1)C(=O)NC(C)C(=O)CO. The van der Waals surface area contributed by atoms with E-state index in [9.17, 15) is 24.0 Å². The molecule has 3 atom stereocenters. The molecule has 4 N–H and O–H groups in total. The molecule has 1 aromatic rings. The highest BCUT2D eigenvalue weighted by Crippen LogP contribution is 2.25. The third-order valence-electron chi connectivity index (χ3n) is 6.32. The monoisotopic (exact) mass is 487 g/mol. The predicted octanol–water partition coefficient (Wildman–Crippen LogP) is 1.91. The number of carbonyl (C=O) groups is 5. The number of aliphatic hydroxyl groups excluding tert-OH is 1. The average molecular weight is 488 g/mol. The number of Topliss-reactive ketones (excluding diaryl/α,β-unsaturated/α-hetero) is 3. The lowest BCUT2D eigenvalue weighted by atomic mass is 9.89. The van der Waals surface area contributed by atoms with E-state index in [4.69, 9.17) is 10.8 Å². The first-order valence-electron chi connectivity index (χ1n) is 12.2. The van der Waals surface area contributed by atoms with Gasteiger partial charge < -0.3 is 21.1 Å². The first-order valence-corrected chi connectivity index (χ1v) is 12.2. The molecule has 1 heterocycles. The van der Waals surface area contributed by atoms with Gasteiger partial charge in [0.05, 0.1) is 12.1 Å². The van der Waals surface area contributed by atoms with Crippen LogP contribution in [0.2, 0.25) is 0 Å². The molecule has 1 aromatic carbocycles. The Hall–Kier alpha value is -3.07. The quantitative estimate of drug-likeness (QED) is 0.284. The van der Waals surface area contributed by atoms with Crippen LogP contribution < -0.4 is 11.1 Å². The van der Waals surface area contributed by atoms with Gasteiger partial charge in [-0.1, -0.05) is 13.8 Å². The normalized spacial score (nSPS) is 17.2. The summed E-state index contributed by atoms with van der Waals surface area (Å²) >= 11 is 0. The van der Waals surface area contributed by atoms with Crippen molar-refractivity contribution in [1.29, 1.82) is 0 Å². The van der Waals surface area contributed by atoms with Gasteiger partial charge in [0.1, 0.15) is 6.61 Å². The van der Waals surface area contributed by atoms with Crippen LogP contribution in [0.5, 0.6) is 0 Å². The lowest BCUT2D eigenvalue weighted by molar-refractivity contribution is -0.139. The molecule has 0 saturated carbocycles. The van der Waals surface area contributed by atoms with Crippen molar-refractivity contribution < 1.29 is 29.1 Å². The molecule has 9 nitrogen and oxygen atoms in total. The van der Waals surface area contributed by atoms with Gasteiger partial charge in [-0.2, -0.15) is 0 Å². The van der Waals surface area contributed by atoms with Crippen molar-refractivity contribution in [2.24, 2.45) is 11.8 Å². The van der Waals surface area contributed by atoms with E-state index in [-0.39, 0.29) is 42.7 Å². The topological polar surface area (TPSA) is 147 Å². The summed E-state index contributed by atoms with van der Waals surface area (Å²) in [7, 11) is 0. The molecule has 2 rings (SSSR count). The maximum atomic E-state index is 13.2. The molecular weight excluding hydrogens is 450 g/mol. The Kier molecular flexibility index (Phi) is 10.6.